The van der Waals surface area contributed by atoms with Crippen LogP contribution in [0.1, 0.15) is 37.8 Å². The summed E-state index contributed by atoms with van der Waals surface area (Å²) in [5, 5.41) is 8.75. The number of nitrogens with zero attached hydrogens (tertiary/aromatic N) is 3. The van der Waals surface area contributed by atoms with Gasteiger partial charge in [-0.3, -0.25) is 0 Å². The third-order valence-corrected chi connectivity index (χ3v) is 6.98. The summed E-state index contributed by atoms with van der Waals surface area (Å²) < 4.78 is 122. The lowest BCUT2D eigenvalue weighted by atomic mass is 9.81. The highest BCUT2D eigenvalue weighted by Crippen LogP contribution is 2.54. The standard InChI is InChI=1S/C28H27F9N3/c1-24(2)21-7-4-5-8-22(21)40(18-15-25(29,30)26(31,32)27(33,34)28(35,36)37)23(24)14-11-19-9-12-20(13-10-19)39(3)17-6-16-38/h4-5,7-14H,6,15,17-18H2,1-3H3/q+1. The maximum absolute atomic E-state index is 14.4. The SMILES string of the molecule is CN(CCC#N)c1ccc(/C=C/C2=[N+](CCC(F)(F)C(F)(F)C(F)(F)C(F)(F)F)c3ccccc3C2(C)C)cc1. The van der Waals surface area contributed by atoms with Crippen LogP contribution in [0, 0.1) is 11.3 Å². The van der Waals surface area contributed by atoms with Gasteiger partial charge < -0.3 is 4.90 Å². The molecule has 0 amide bonds. The topological polar surface area (TPSA) is 30.0 Å². The number of halogens is 9. The first-order valence-electron chi connectivity index (χ1n) is 12.2. The summed E-state index contributed by atoms with van der Waals surface area (Å²) in [7, 11) is 1.82. The fourth-order valence-corrected chi connectivity index (χ4v) is 4.56. The van der Waals surface area contributed by atoms with E-state index in [1.54, 1.807) is 68.5 Å². The van der Waals surface area contributed by atoms with Crippen LogP contribution in [0.15, 0.2) is 54.6 Å². The summed E-state index contributed by atoms with van der Waals surface area (Å²) in [5.74, 6) is -19.3. The number of allylic oxidation sites excluding steroid dienone is 1. The number of benzene rings is 2. The molecule has 0 N–H and O–H groups in total. The van der Waals surface area contributed by atoms with Crippen LogP contribution in [0.2, 0.25) is 0 Å². The van der Waals surface area contributed by atoms with Gasteiger partial charge in [-0.25, -0.2) is 0 Å². The van der Waals surface area contributed by atoms with Crippen molar-refractivity contribution >= 4 is 23.2 Å². The van der Waals surface area contributed by atoms with Crippen LogP contribution in [-0.2, 0) is 5.41 Å². The van der Waals surface area contributed by atoms with Gasteiger partial charge in [-0.15, -0.1) is 0 Å². The van der Waals surface area contributed by atoms with Gasteiger partial charge in [0.2, 0.25) is 5.69 Å². The number of alkyl halides is 9. The molecule has 3 nitrogen and oxygen atoms in total. The number of rotatable bonds is 10. The van der Waals surface area contributed by atoms with Crippen LogP contribution in [0.25, 0.3) is 6.08 Å². The number of para-hydroxylation sites is 1. The molecule has 0 aliphatic carbocycles. The van der Waals surface area contributed by atoms with Gasteiger partial charge in [0.05, 0.1) is 24.3 Å². The normalized spacial score (nSPS) is 15.9. The number of anilines is 1. The average molecular weight is 577 g/mol. The number of nitriles is 1. The minimum Gasteiger partial charge on any atom is -0.374 e. The lowest BCUT2D eigenvalue weighted by molar-refractivity contribution is -0.454. The second kappa shape index (κ2) is 10.8. The van der Waals surface area contributed by atoms with Gasteiger partial charge in [-0.2, -0.15) is 49.4 Å². The third-order valence-electron chi connectivity index (χ3n) is 6.98. The first-order valence-corrected chi connectivity index (χ1v) is 12.2. The molecule has 0 radical (unpaired) electrons. The maximum atomic E-state index is 14.4. The van der Waals surface area contributed by atoms with Crippen molar-refractivity contribution in [3.05, 3.63) is 65.7 Å². The highest BCUT2D eigenvalue weighted by Gasteiger charge is 2.81. The quantitative estimate of drug-likeness (QED) is 0.212. The maximum Gasteiger partial charge on any atom is 0.460 e. The Bertz CT molecular complexity index is 1320. The first kappa shape index (κ1) is 31.0. The Labute approximate surface area is 225 Å². The van der Waals surface area contributed by atoms with Crippen molar-refractivity contribution in [1.29, 1.82) is 5.26 Å². The van der Waals surface area contributed by atoms with E-state index in [-0.39, 0.29) is 0 Å². The van der Waals surface area contributed by atoms with Crippen LogP contribution in [-0.4, -0.2) is 54.4 Å². The number of hydrogen-bond acceptors (Lipinski definition) is 2. The van der Waals surface area contributed by atoms with E-state index in [4.69, 9.17) is 5.26 Å². The fourth-order valence-electron chi connectivity index (χ4n) is 4.56. The molecule has 40 heavy (non-hydrogen) atoms. The van der Waals surface area contributed by atoms with Gasteiger partial charge in [0.25, 0.3) is 0 Å². The average Bonchev–Trinajstić information content (AvgIpc) is 3.10. The molecule has 2 aromatic carbocycles. The smallest absolute Gasteiger partial charge is 0.374 e. The van der Waals surface area contributed by atoms with Gasteiger partial charge in [0, 0.05) is 37.0 Å². The predicted molar refractivity (Wildman–Crippen MR) is 134 cm³/mol. The molecule has 0 saturated heterocycles. The molecule has 0 atom stereocenters. The molecular formula is C28H27F9N3+. The molecule has 1 aliphatic heterocycles. The summed E-state index contributed by atoms with van der Waals surface area (Å²) in [6, 6.07) is 15.7. The largest absolute Gasteiger partial charge is 0.460 e. The van der Waals surface area contributed by atoms with E-state index in [0.29, 0.717) is 35.5 Å². The zero-order valence-electron chi connectivity index (χ0n) is 21.8. The third kappa shape index (κ3) is 5.56. The summed E-state index contributed by atoms with van der Waals surface area (Å²) in [4.78, 5) is 1.88. The van der Waals surface area contributed by atoms with E-state index < -0.39 is 42.3 Å². The van der Waals surface area contributed by atoms with Gasteiger partial charge in [0.1, 0.15) is 0 Å². The van der Waals surface area contributed by atoms with Crippen molar-refractivity contribution in [2.75, 3.05) is 25.0 Å². The molecule has 216 valence electrons. The van der Waals surface area contributed by atoms with Crippen molar-refractivity contribution in [2.24, 2.45) is 0 Å². The molecule has 0 saturated carbocycles. The van der Waals surface area contributed by atoms with Crippen LogP contribution < -0.4 is 4.90 Å². The lowest BCUT2D eigenvalue weighted by Gasteiger charge is -2.33. The molecule has 0 bridgehead atoms. The Morgan fingerprint density at radius 2 is 1.48 bits per heavy atom. The van der Waals surface area contributed by atoms with E-state index in [9.17, 15) is 39.5 Å². The van der Waals surface area contributed by atoms with Crippen molar-refractivity contribution in [2.45, 2.75) is 56.0 Å². The van der Waals surface area contributed by atoms with Gasteiger partial charge in [-0.05, 0) is 37.6 Å². The van der Waals surface area contributed by atoms with E-state index in [2.05, 4.69) is 6.07 Å². The summed E-state index contributed by atoms with van der Waals surface area (Å²) in [5.41, 5.74) is 2.05. The number of hydrogen-bond donors (Lipinski definition) is 0. The summed E-state index contributed by atoms with van der Waals surface area (Å²) >= 11 is 0. The molecule has 3 rings (SSSR count). The summed E-state index contributed by atoms with van der Waals surface area (Å²) in [6.07, 6.45) is -5.26. The van der Waals surface area contributed by atoms with Gasteiger partial charge >= 0.3 is 23.9 Å². The van der Waals surface area contributed by atoms with E-state index in [1.165, 1.54) is 10.6 Å². The molecule has 0 fully saturated rings. The molecule has 0 unspecified atom stereocenters. The zero-order valence-corrected chi connectivity index (χ0v) is 21.8. The monoisotopic (exact) mass is 576 g/mol. The molecule has 1 aliphatic rings. The molecule has 1 heterocycles. The number of fused-ring (bicyclic) bond motifs is 1. The van der Waals surface area contributed by atoms with Gasteiger partial charge in [-0.1, -0.05) is 30.3 Å². The van der Waals surface area contributed by atoms with Crippen molar-refractivity contribution in [1.82, 2.24) is 0 Å². The van der Waals surface area contributed by atoms with Crippen LogP contribution in [0.5, 0.6) is 0 Å². The van der Waals surface area contributed by atoms with E-state index in [1.807, 2.05) is 11.9 Å². The predicted octanol–water partition coefficient (Wildman–Crippen LogP) is 7.98. The second-order valence-electron chi connectivity index (χ2n) is 10.0. The minimum absolute atomic E-state index is 0.334. The molecule has 2 aromatic rings. The van der Waals surface area contributed by atoms with Crippen molar-refractivity contribution in [3.8, 4) is 6.07 Å². The molecular weight excluding hydrogens is 549 g/mol. The fraction of sp³-hybridized carbons (Fsp3) is 0.429. The Morgan fingerprint density at radius 1 is 0.875 bits per heavy atom. The Morgan fingerprint density at radius 3 is 2.05 bits per heavy atom. The van der Waals surface area contributed by atoms with Crippen molar-refractivity contribution < 1.29 is 44.1 Å². The Balaban J connectivity index is 1.96. The molecule has 0 aromatic heterocycles. The van der Waals surface area contributed by atoms with Crippen LogP contribution in [0.3, 0.4) is 0 Å². The highest BCUT2D eigenvalue weighted by molar-refractivity contribution is 6.05. The molecule has 12 heteroatoms. The van der Waals surface area contributed by atoms with Crippen molar-refractivity contribution in [3.63, 3.8) is 0 Å². The highest BCUT2D eigenvalue weighted by atomic mass is 19.4. The van der Waals surface area contributed by atoms with Gasteiger partial charge in [0.15, 0.2) is 12.3 Å². The van der Waals surface area contributed by atoms with E-state index in [0.717, 1.165) is 5.69 Å². The summed E-state index contributed by atoms with van der Waals surface area (Å²) in [6.45, 7) is 3.08. The Kier molecular flexibility index (Phi) is 8.40. The lowest BCUT2D eigenvalue weighted by Crippen LogP contribution is -2.61. The molecule has 0 spiro atoms. The zero-order chi connectivity index (χ0) is 30.1. The second-order valence-corrected chi connectivity index (χ2v) is 10.0. The van der Waals surface area contributed by atoms with Crippen LogP contribution >= 0.6 is 0 Å². The van der Waals surface area contributed by atoms with Crippen LogP contribution in [0.4, 0.5) is 50.9 Å². The first-order chi connectivity index (χ1) is 18.4. The van der Waals surface area contributed by atoms with E-state index >= 15 is 0 Å². The minimum atomic E-state index is -6.92. The Hall–Kier alpha value is -3.49.